The molecule has 0 radical (unpaired) electrons. The second-order valence-corrected chi connectivity index (χ2v) is 7.20. The molecule has 2 saturated heterocycles. The van der Waals surface area contributed by atoms with Gasteiger partial charge in [0.05, 0.1) is 19.2 Å². The zero-order valence-corrected chi connectivity index (χ0v) is 15.2. The zero-order chi connectivity index (χ0) is 18.8. The average Bonchev–Trinajstić information content (AvgIpc) is 2.84. The fraction of sp³-hybridized carbons (Fsp3) is 0.611. The van der Waals surface area contributed by atoms with Crippen molar-refractivity contribution in [2.75, 3.05) is 27.2 Å². The molecule has 2 aliphatic heterocycles. The van der Waals surface area contributed by atoms with Crippen molar-refractivity contribution in [2.24, 2.45) is 0 Å². The number of rotatable bonds is 3. The van der Waals surface area contributed by atoms with Crippen LogP contribution in [0.25, 0.3) is 0 Å². The lowest BCUT2D eigenvalue weighted by Crippen LogP contribution is -2.67. The Morgan fingerprint density at radius 1 is 1.27 bits per heavy atom. The Labute approximate surface area is 153 Å². The third-order valence-corrected chi connectivity index (χ3v) is 5.32. The molecule has 3 rings (SSSR count). The van der Waals surface area contributed by atoms with Gasteiger partial charge in [0, 0.05) is 26.6 Å². The van der Waals surface area contributed by atoms with E-state index in [2.05, 4.69) is 6.08 Å². The molecule has 1 aliphatic carbocycles. The maximum Gasteiger partial charge on any atom is 0.240 e. The predicted octanol–water partition coefficient (Wildman–Crippen LogP) is -0.282. The smallest absolute Gasteiger partial charge is 0.240 e. The number of nitrogens with zero attached hydrogens (tertiary/aromatic N) is 4. The molecule has 3 atom stereocenters. The molecule has 0 aromatic carbocycles. The molecule has 0 aromatic rings. The summed E-state index contributed by atoms with van der Waals surface area (Å²) in [6.07, 6.45) is 7.62. The SMILES string of the molecule is CN1CC2N(C(=O)CN(C)N2C=O)[C@@H](CC2=CCCC(O)C=C2)CC1=O. The molecule has 26 heavy (non-hydrogen) atoms. The first-order chi connectivity index (χ1) is 12.4. The van der Waals surface area contributed by atoms with E-state index in [-0.39, 0.29) is 37.4 Å². The lowest BCUT2D eigenvalue weighted by molar-refractivity contribution is -0.181. The number of fused-ring (bicyclic) bond motifs is 1. The molecule has 2 heterocycles. The van der Waals surface area contributed by atoms with Crippen LogP contribution >= 0.6 is 0 Å². The highest BCUT2D eigenvalue weighted by Crippen LogP contribution is 2.28. The van der Waals surface area contributed by atoms with Crippen molar-refractivity contribution in [3.05, 3.63) is 23.8 Å². The van der Waals surface area contributed by atoms with Gasteiger partial charge < -0.3 is 14.9 Å². The largest absolute Gasteiger partial charge is 0.389 e. The van der Waals surface area contributed by atoms with E-state index in [1.54, 1.807) is 35.0 Å². The lowest BCUT2D eigenvalue weighted by atomic mass is 10.00. The van der Waals surface area contributed by atoms with E-state index < -0.39 is 12.3 Å². The van der Waals surface area contributed by atoms with Crippen LogP contribution < -0.4 is 0 Å². The fourth-order valence-electron chi connectivity index (χ4n) is 3.88. The number of carbonyl (C=O) groups is 3. The van der Waals surface area contributed by atoms with Gasteiger partial charge in [-0.15, -0.1) is 0 Å². The number of carbonyl (C=O) groups excluding carboxylic acids is 3. The molecule has 142 valence electrons. The average molecular weight is 362 g/mol. The number of likely N-dealkylation sites (N-methyl/N-ethyl adjacent to an activating group) is 2. The van der Waals surface area contributed by atoms with Crippen LogP contribution in [0.2, 0.25) is 0 Å². The number of aliphatic hydroxyl groups is 1. The Hall–Kier alpha value is -2.19. The van der Waals surface area contributed by atoms with E-state index in [1.165, 1.54) is 5.01 Å². The number of hydrogen-bond acceptors (Lipinski definition) is 5. The Kier molecular flexibility index (Phi) is 5.43. The van der Waals surface area contributed by atoms with Crippen LogP contribution in [0.3, 0.4) is 0 Å². The van der Waals surface area contributed by atoms with E-state index in [0.717, 1.165) is 12.0 Å². The molecule has 0 bridgehead atoms. The van der Waals surface area contributed by atoms with Gasteiger partial charge in [0.25, 0.3) is 0 Å². The van der Waals surface area contributed by atoms with Crippen LogP contribution in [-0.4, -0.2) is 88.6 Å². The van der Waals surface area contributed by atoms with Crippen molar-refractivity contribution in [3.63, 3.8) is 0 Å². The fourth-order valence-corrected chi connectivity index (χ4v) is 3.88. The van der Waals surface area contributed by atoms with Crippen molar-refractivity contribution in [3.8, 4) is 0 Å². The maximum atomic E-state index is 12.8. The molecular weight excluding hydrogens is 336 g/mol. The molecular formula is C18H26N4O4. The minimum atomic E-state index is -0.499. The van der Waals surface area contributed by atoms with Gasteiger partial charge in [-0.05, 0) is 19.3 Å². The summed E-state index contributed by atoms with van der Waals surface area (Å²) < 4.78 is 0. The third-order valence-electron chi connectivity index (χ3n) is 5.32. The van der Waals surface area contributed by atoms with Gasteiger partial charge in [-0.3, -0.25) is 19.4 Å². The summed E-state index contributed by atoms with van der Waals surface area (Å²) in [7, 11) is 3.40. The van der Waals surface area contributed by atoms with Crippen LogP contribution in [-0.2, 0) is 14.4 Å². The van der Waals surface area contributed by atoms with Gasteiger partial charge in [-0.25, -0.2) is 5.01 Å². The molecule has 3 amide bonds. The van der Waals surface area contributed by atoms with Gasteiger partial charge in [0.15, 0.2) is 0 Å². The van der Waals surface area contributed by atoms with Crippen molar-refractivity contribution in [2.45, 2.75) is 44.0 Å². The normalized spacial score (nSPS) is 30.7. The molecule has 0 aromatic heterocycles. The van der Waals surface area contributed by atoms with Crippen LogP contribution in [0.15, 0.2) is 23.8 Å². The van der Waals surface area contributed by atoms with E-state index in [4.69, 9.17) is 0 Å². The van der Waals surface area contributed by atoms with E-state index in [9.17, 15) is 19.5 Å². The molecule has 0 saturated carbocycles. The number of hydrazine groups is 1. The highest BCUT2D eigenvalue weighted by Gasteiger charge is 2.44. The van der Waals surface area contributed by atoms with Crippen LogP contribution in [0, 0.1) is 0 Å². The second kappa shape index (κ2) is 7.59. The van der Waals surface area contributed by atoms with Crippen molar-refractivity contribution in [1.82, 2.24) is 19.8 Å². The molecule has 8 nitrogen and oxygen atoms in total. The van der Waals surface area contributed by atoms with Gasteiger partial charge in [0.2, 0.25) is 18.2 Å². The summed E-state index contributed by atoms with van der Waals surface area (Å²) in [4.78, 5) is 40.2. The summed E-state index contributed by atoms with van der Waals surface area (Å²) in [6.45, 7) is 0.398. The minimum absolute atomic E-state index is 0.0380. The minimum Gasteiger partial charge on any atom is -0.389 e. The first kappa shape index (κ1) is 18.6. The number of amides is 3. The van der Waals surface area contributed by atoms with Crippen molar-refractivity contribution < 1.29 is 19.5 Å². The van der Waals surface area contributed by atoms with E-state index >= 15 is 0 Å². The van der Waals surface area contributed by atoms with Gasteiger partial charge >= 0.3 is 0 Å². The van der Waals surface area contributed by atoms with Crippen molar-refractivity contribution >= 4 is 18.2 Å². The Morgan fingerprint density at radius 2 is 2.04 bits per heavy atom. The maximum absolute atomic E-state index is 12.8. The van der Waals surface area contributed by atoms with Gasteiger partial charge in [-0.2, -0.15) is 0 Å². The van der Waals surface area contributed by atoms with Crippen LogP contribution in [0.1, 0.15) is 25.7 Å². The van der Waals surface area contributed by atoms with Crippen LogP contribution in [0.5, 0.6) is 0 Å². The summed E-state index contributed by atoms with van der Waals surface area (Å²) in [5.74, 6) is -0.120. The molecule has 2 unspecified atom stereocenters. The molecule has 0 spiro atoms. The molecule has 2 fully saturated rings. The molecule has 3 aliphatic rings. The van der Waals surface area contributed by atoms with Crippen molar-refractivity contribution in [1.29, 1.82) is 0 Å². The number of aliphatic hydroxyl groups excluding tert-OH is 1. The van der Waals surface area contributed by atoms with Gasteiger partial charge in [-0.1, -0.05) is 23.8 Å². The number of hydrogen-bond donors (Lipinski definition) is 1. The summed E-state index contributed by atoms with van der Waals surface area (Å²) >= 11 is 0. The Balaban J connectivity index is 1.90. The van der Waals surface area contributed by atoms with E-state index in [0.29, 0.717) is 19.3 Å². The summed E-state index contributed by atoms with van der Waals surface area (Å²) in [6, 6.07) is -0.313. The highest BCUT2D eigenvalue weighted by atomic mass is 16.3. The topological polar surface area (TPSA) is 84.4 Å². The molecule has 1 N–H and O–H groups in total. The second-order valence-electron chi connectivity index (χ2n) is 7.20. The van der Waals surface area contributed by atoms with Gasteiger partial charge in [0.1, 0.15) is 6.17 Å². The monoisotopic (exact) mass is 362 g/mol. The number of allylic oxidation sites excluding steroid dienone is 2. The first-order valence-electron chi connectivity index (χ1n) is 8.95. The molecule has 8 heteroatoms. The lowest BCUT2D eigenvalue weighted by Gasteiger charge is -2.48. The predicted molar refractivity (Wildman–Crippen MR) is 94.3 cm³/mol. The zero-order valence-electron chi connectivity index (χ0n) is 15.2. The third kappa shape index (κ3) is 3.66. The summed E-state index contributed by atoms with van der Waals surface area (Å²) in [5, 5.41) is 12.8. The Bertz CT molecular complexity index is 647. The van der Waals surface area contributed by atoms with Crippen LogP contribution in [0.4, 0.5) is 0 Å². The highest BCUT2D eigenvalue weighted by molar-refractivity contribution is 5.83. The standard InChI is InChI=1S/C18H26N4O4/c1-19-10-16-21(12-23)20(2)11-18(26)22(16)14(9-17(19)25)8-13-4-3-5-15(24)7-6-13/h4,6-7,12,14-16,24H,3,5,8-11H2,1-2H3/t14-,15?,16?/m0/s1. The summed E-state index contributed by atoms with van der Waals surface area (Å²) in [5.41, 5.74) is 1.01. The van der Waals surface area contributed by atoms with E-state index in [1.807, 2.05) is 6.08 Å². The quantitative estimate of drug-likeness (QED) is 0.698. The Morgan fingerprint density at radius 3 is 2.77 bits per heavy atom. The first-order valence-corrected chi connectivity index (χ1v) is 8.95.